The first-order chi connectivity index (χ1) is 16.5. The summed E-state index contributed by atoms with van der Waals surface area (Å²) in [7, 11) is 0. The SMILES string of the molecule is O=C(Nc1ccn(-c2cccc(Cl)c2)n1)c1ccc(Oc2c(Cl)cc3c(c2Cl)OCCC3)cc1. The second kappa shape index (κ2) is 9.58. The lowest BCUT2D eigenvalue weighted by atomic mass is 10.1. The molecule has 4 aromatic rings. The second-order valence-corrected chi connectivity index (χ2v) is 8.87. The Morgan fingerprint density at radius 3 is 2.68 bits per heavy atom. The molecule has 5 rings (SSSR count). The number of amides is 1. The number of carbonyl (C=O) groups is 1. The van der Waals surface area contributed by atoms with Gasteiger partial charge < -0.3 is 14.8 Å². The molecule has 0 aliphatic carbocycles. The first-order valence-corrected chi connectivity index (χ1v) is 11.7. The van der Waals surface area contributed by atoms with Crippen LogP contribution in [0.3, 0.4) is 0 Å². The van der Waals surface area contributed by atoms with Crippen LogP contribution in [0.15, 0.2) is 66.9 Å². The number of benzene rings is 3. The van der Waals surface area contributed by atoms with Crippen LogP contribution in [-0.2, 0) is 6.42 Å². The average Bonchev–Trinajstić information content (AvgIpc) is 3.31. The minimum atomic E-state index is -0.305. The maximum Gasteiger partial charge on any atom is 0.256 e. The smallest absolute Gasteiger partial charge is 0.256 e. The molecule has 1 amide bonds. The average molecular weight is 515 g/mol. The van der Waals surface area contributed by atoms with Gasteiger partial charge in [-0.05, 0) is 66.9 Å². The van der Waals surface area contributed by atoms with Crippen molar-refractivity contribution in [3.8, 4) is 22.9 Å². The van der Waals surface area contributed by atoms with Crippen LogP contribution in [0, 0.1) is 0 Å². The fraction of sp³-hybridized carbons (Fsp3) is 0.120. The Kier molecular flexibility index (Phi) is 6.37. The summed E-state index contributed by atoms with van der Waals surface area (Å²) < 4.78 is 13.2. The number of nitrogens with zero attached hydrogens (tertiary/aromatic N) is 2. The molecule has 0 spiro atoms. The van der Waals surface area contributed by atoms with E-state index in [9.17, 15) is 4.79 Å². The summed E-state index contributed by atoms with van der Waals surface area (Å²) in [5.74, 6) is 1.54. The standard InChI is InChI=1S/C25H18Cl3N3O3/c26-17-4-1-5-18(14-17)31-11-10-21(30-31)29-25(32)15-6-8-19(9-7-15)34-24-20(27)13-16-3-2-12-33-23(16)22(24)28/h1,4-11,13-14H,2-3,12H2,(H,29,30,32). The van der Waals surface area contributed by atoms with Gasteiger partial charge in [0.15, 0.2) is 11.6 Å². The third kappa shape index (κ3) is 4.71. The summed E-state index contributed by atoms with van der Waals surface area (Å²) in [5, 5.41) is 8.51. The number of aryl methyl sites for hydroxylation is 1. The molecule has 0 saturated heterocycles. The van der Waals surface area contributed by atoms with Gasteiger partial charge in [0.1, 0.15) is 16.5 Å². The van der Waals surface area contributed by atoms with Crippen molar-refractivity contribution in [3.63, 3.8) is 0 Å². The van der Waals surface area contributed by atoms with Crippen LogP contribution < -0.4 is 14.8 Å². The third-order valence-electron chi connectivity index (χ3n) is 5.28. The van der Waals surface area contributed by atoms with E-state index in [1.54, 1.807) is 53.3 Å². The lowest BCUT2D eigenvalue weighted by Crippen LogP contribution is -2.12. The number of anilines is 1. The zero-order chi connectivity index (χ0) is 23.7. The van der Waals surface area contributed by atoms with Gasteiger partial charge in [0, 0.05) is 22.8 Å². The molecule has 0 fully saturated rings. The summed E-state index contributed by atoms with van der Waals surface area (Å²) in [4.78, 5) is 12.7. The molecular weight excluding hydrogens is 497 g/mol. The van der Waals surface area contributed by atoms with E-state index in [0.29, 0.717) is 50.3 Å². The number of carbonyl (C=O) groups excluding carboxylic acids is 1. The van der Waals surface area contributed by atoms with Gasteiger partial charge in [-0.25, -0.2) is 4.68 Å². The van der Waals surface area contributed by atoms with E-state index in [2.05, 4.69) is 10.4 Å². The summed E-state index contributed by atoms with van der Waals surface area (Å²) in [6.07, 6.45) is 3.52. The maximum atomic E-state index is 12.7. The van der Waals surface area contributed by atoms with Crippen LogP contribution in [0.25, 0.3) is 5.69 Å². The molecule has 0 atom stereocenters. The van der Waals surface area contributed by atoms with E-state index in [4.69, 9.17) is 44.3 Å². The lowest BCUT2D eigenvalue weighted by Gasteiger charge is -2.21. The monoisotopic (exact) mass is 513 g/mol. The third-order valence-corrected chi connectivity index (χ3v) is 6.14. The predicted octanol–water partition coefficient (Wildman–Crippen LogP) is 7.20. The predicted molar refractivity (Wildman–Crippen MR) is 133 cm³/mol. The number of hydrogen-bond acceptors (Lipinski definition) is 4. The number of halogens is 3. The highest BCUT2D eigenvalue weighted by atomic mass is 35.5. The minimum Gasteiger partial charge on any atom is -0.492 e. The van der Waals surface area contributed by atoms with Crippen molar-refractivity contribution in [3.05, 3.63) is 93.1 Å². The molecule has 1 aliphatic rings. The van der Waals surface area contributed by atoms with Gasteiger partial charge in [-0.2, -0.15) is 5.10 Å². The molecule has 2 heterocycles. The Morgan fingerprint density at radius 2 is 1.88 bits per heavy atom. The molecule has 34 heavy (non-hydrogen) atoms. The Morgan fingerprint density at radius 1 is 1.06 bits per heavy atom. The maximum absolute atomic E-state index is 12.7. The number of nitrogens with one attached hydrogen (secondary N) is 1. The zero-order valence-electron chi connectivity index (χ0n) is 17.7. The van der Waals surface area contributed by atoms with Crippen LogP contribution in [0.4, 0.5) is 5.82 Å². The Hall–Kier alpha value is -3.19. The first kappa shape index (κ1) is 22.6. The van der Waals surface area contributed by atoms with Crippen molar-refractivity contribution in [2.45, 2.75) is 12.8 Å². The lowest BCUT2D eigenvalue weighted by molar-refractivity contribution is 0.102. The van der Waals surface area contributed by atoms with Crippen LogP contribution in [0.1, 0.15) is 22.3 Å². The second-order valence-electron chi connectivity index (χ2n) is 7.65. The summed E-state index contributed by atoms with van der Waals surface area (Å²) in [6, 6.07) is 17.4. The normalized spacial score (nSPS) is 12.6. The van der Waals surface area contributed by atoms with E-state index < -0.39 is 0 Å². The van der Waals surface area contributed by atoms with Crippen LogP contribution >= 0.6 is 34.8 Å². The molecule has 0 bridgehead atoms. The van der Waals surface area contributed by atoms with Crippen LogP contribution in [0.5, 0.6) is 17.2 Å². The van der Waals surface area contributed by atoms with E-state index in [-0.39, 0.29) is 5.91 Å². The van der Waals surface area contributed by atoms with Crippen molar-refractivity contribution in [2.24, 2.45) is 0 Å². The summed E-state index contributed by atoms with van der Waals surface area (Å²) in [6.45, 7) is 0.606. The van der Waals surface area contributed by atoms with Gasteiger partial charge in [0.2, 0.25) is 0 Å². The Balaban J connectivity index is 1.28. The highest BCUT2D eigenvalue weighted by molar-refractivity contribution is 6.38. The van der Waals surface area contributed by atoms with Gasteiger partial charge in [0.05, 0.1) is 17.3 Å². The van der Waals surface area contributed by atoms with E-state index in [1.165, 1.54) is 0 Å². The van der Waals surface area contributed by atoms with Crippen LogP contribution in [-0.4, -0.2) is 22.3 Å². The number of ether oxygens (including phenoxy) is 2. The molecule has 1 aromatic heterocycles. The number of hydrogen-bond donors (Lipinski definition) is 1. The van der Waals surface area contributed by atoms with E-state index in [1.807, 2.05) is 18.2 Å². The van der Waals surface area contributed by atoms with Gasteiger partial charge in [-0.1, -0.05) is 40.9 Å². The molecule has 172 valence electrons. The van der Waals surface area contributed by atoms with Gasteiger partial charge in [-0.15, -0.1) is 0 Å². The van der Waals surface area contributed by atoms with Crippen LogP contribution in [0.2, 0.25) is 15.1 Å². The van der Waals surface area contributed by atoms with Gasteiger partial charge in [-0.3, -0.25) is 4.79 Å². The van der Waals surface area contributed by atoms with Gasteiger partial charge >= 0.3 is 0 Å². The molecule has 9 heteroatoms. The summed E-state index contributed by atoms with van der Waals surface area (Å²) in [5.41, 5.74) is 2.20. The molecule has 0 unspecified atom stereocenters. The highest BCUT2D eigenvalue weighted by Crippen LogP contribution is 2.45. The molecule has 0 radical (unpaired) electrons. The molecule has 3 aromatic carbocycles. The van der Waals surface area contributed by atoms with Gasteiger partial charge in [0.25, 0.3) is 5.91 Å². The van der Waals surface area contributed by atoms with E-state index in [0.717, 1.165) is 24.1 Å². The molecule has 1 N–H and O–H groups in total. The van der Waals surface area contributed by atoms with E-state index >= 15 is 0 Å². The first-order valence-electron chi connectivity index (χ1n) is 10.5. The highest BCUT2D eigenvalue weighted by Gasteiger charge is 2.21. The Labute approximate surface area is 211 Å². The molecule has 0 saturated carbocycles. The molecule has 1 aliphatic heterocycles. The van der Waals surface area contributed by atoms with Crippen molar-refractivity contribution >= 4 is 46.5 Å². The minimum absolute atomic E-state index is 0.305. The number of aromatic nitrogens is 2. The fourth-order valence-corrected chi connectivity index (χ4v) is 4.45. The molecule has 6 nitrogen and oxygen atoms in total. The largest absolute Gasteiger partial charge is 0.492 e. The van der Waals surface area contributed by atoms with Crippen molar-refractivity contribution in [1.29, 1.82) is 0 Å². The van der Waals surface area contributed by atoms with Crippen molar-refractivity contribution in [1.82, 2.24) is 9.78 Å². The quantitative estimate of drug-likeness (QED) is 0.306. The number of rotatable bonds is 5. The fourth-order valence-electron chi connectivity index (χ4n) is 3.64. The molecular formula is C25H18Cl3N3O3. The number of fused-ring (bicyclic) bond motifs is 1. The van der Waals surface area contributed by atoms with Crippen molar-refractivity contribution in [2.75, 3.05) is 11.9 Å². The Bertz CT molecular complexity index is 1370. The summed E-state index contributed by atoms with van der Waals surface area (Å²) >= 11 is 18.9. The topological polar surface area (TPSA) is 65.4 Å². The zero-order valence-corrected chi connectivity index (χ0v) is 20.0. The van der Waals surface area contributed by atoms with Crippen molar-refractivity contribution < 1.29 is 14.3 Å².